The van der Waals surface area contributed by atoms with Gasteiger partial charge in [-0.2, -0.15) is 0 Å². The molecule has 276 valence electrons. The fraction of sp³-hybridized carbons (Fsp3) is 0.143. The van der Waals surface area contributed by atoms with Crippen LogP contribution in [0, 0.1) is 55.4 Å². The van der Waals surface area contributed by atoms with Gasteiger partial charge in [0.05, 0.1) is 0 Å². The van der Waals surface area contributed by atoms with E-state index in [0.717, 1.165) is 16.6 Å². The summed E-state index contributed by atoms with van der Waals surface area (Å²) in [4.78, 5) is 0. The lowest BCUT2D eigenvalue weighted by molar-refractivity contribution is 0.669. The van der Waals surface area contributed by atoms with Crippen molar-refractivity contribution in [1.29, 1.82) is 0 Å². The largest absolute Gasteiger partial charge is 0.456 e. The van der Waals surface area contributed by atoms with E-state index < -0.39 is 0 Å². The molecule has 0 saturated heterocycles. The summed E-state index contributed by atoms with van der Waals surface area (Å²) in [5.74, 6) is 0. The highest BCUT2D eigenvalue weighted by atomic mass is 16.3. The minimum Gasteiger partial charge on any atom is -0.456 e. The normalized spacial score (nSPS) is 11.9. The summed E-state index contributed by atoms with van der Waals surface area (Å²) < 4.78 is 6.74. The molecule has 0 aliphatic carbocycles. The van der Waals surface area contributed by atoms with Crippen LogP contribution >= 0.6 is 0 Å². The van der Waals surface area contributed by atoms with Crippen molar-refractivity contribution in [2.45, 2.75) is 55.4 Å². The summed E-state index contributed by atoms with van der Waals surface area (Å²) in [5.41, 5.74) is 22.5. The summed E-state index contributed by atoms with van der Waals surface area (Å²) in [6, 6.07) is 48.8. The number of rotatable bonds is 4. The van der Waals surface area contributed by atoms with Gasteiger partial charge in [0.15, 0.2) is 0 Å². The second-order valence-corrected chi connectivity index (χ2v) is 16.3. The highest BCUT2D eigenvalue weighted by Crippen LogP contribution is 2.53. The highest BCUT2D eigenvalue weighted by Gasteiger charge is 2.28. The van der Waals surface area contributed by atoms with Gasteiger partial charge < -0.3 is 4.42 Å². The molecule has 10 rings (SSSR count). The van der Waals surface area contributed by atoms with Gasteiger partial charge in [0.25, 0.3) is 0 Å². The van der Waals surface area contributed by atoms with Gasteiger partial charge >= 0.3 is 0 Å². The van der Waals surface area contributed by atoms with Crippen molar-refractivity contribution in [3.05, 3.63) is 178 Å². The molecule has 0 amide bonds. The fourth-order valence-corrected chi connectivity index (χ4v) is 9.77. The first-order valence-electron chi connectivity index (χ1n) is 20.2. The Hall–Kier alpha value is -6.44. The van der Waals surface area contributed by atoms with Gasteiger partial charge in [0.1, 0.15) is 11.2 Å². The molecule has 0 aliphatic rings. The van der Waals surface area contributed by atoms with Crippen LogP contribution in [0.2, 0.25) is 0 Å². The van der Waals surface area contributed by atoms with E-state index in [0.29, 0.717) is 0 Å². The Balaban J connectivity index is 1.45. The van der Waals surface area contributed by atoms with Gasteiger partial charge in [-0.25, -0.2) is 0 Å². The molecule has 57 heavy (non-hydrogen) atoms. The molecule has 0 radical (unpaired) electrons. The highest BCUT2D eigenvalue weighted by molar-refractivity contribution is 6.29. The topological polar surface area (TPSA) is 13.1 Å². The van der Waals surface area contributed by atoms with Crippen LogP contribution in [-0.4, -0.2) is 0 Å². The van der Waals surface area contributed by atoms with Crippen molar-refractivity contribution in [3.63, 3.8) is 0 Å². The smallest absolute Gasteiger partial charge is 0.136 e. The molecule has 0 atom stereocenters. The molecule has 1 heteroatoms. The molecule has 1 aromatic heterocycles. The Morgan fingerprint density at radius 3 is 1.25 bits per heavy atom. The summed E-state index contributed by atoms with van der Waals surface area (Å²) in [7, 11) is 0. The SMILES string of the molecule is Cc1c(C)c(C)c2c(-c3cccc4oc5cc6ccccc6cc5c34)c3c(C)c(C)c(C)c(C)c3c(-c3cc(-c4ccccc4)cc(-c4ccccc4)c3)c2c1C. The van der Waals surface area contributed by atoms with Crippen LogP contribution in [0.3, 0.4) is 0 Å². The molecule has 0 fully saturated rings. The molecular weight excluding hydrogens is 689 g/mol. The number of benzene rings is 9. The van der Waals surface area contributed by atoms with Crippen LogP contribution in [0.4, 0.5) is 0 Å². The standard InChI is InChI=1S/C56H46O/c1-31-33(3)37(7)52-50(35(31)5)54(45-27-43(39-18-11-9-12-19-39)26-44(28-45)40-20-13-10-14-21-40)51-36(6)32(2)34(4)38(8)53(51)56(52)46-24-17-25-48-55(46)47-29-41-22-15-16-23-42(41)30-49(47)57-48/h9-30H,1-8H3. The molecule has 1 nitrogen and oxygen atoms in total. The summed E-state index contributed by atoms with van der Waals surface area (Å²) in [6.45, 7) is 18.7. The average molecular weight is 735 g/mol. The zero-order chi connectivity index (χ0) is 39.3. The van der Waals surface area contributed by atoms with Gasteiger partial charge in [0.2, 0.25) is 0 Å². The number of hydrogen-bond donors (Lipinski definition) is 0. The summed E-state index contributed by atoms with van der Waals surface area (Å²) in [5, 5.41) is 10.1. The minimum atomic E-state index is 0.919. The third kappa shape index (κ3) is 5.22. The molecule has 0 N–H and O–H groups in total. The Morgan fingerprint density at radius 2 is 0.737 bits per heavy atom. The molecule has 0 unspecified atom stereocenters. The fourth-order valence-electron chi connectivity index (χ4n) is 9.77. The maximum atomic E-state index is 6.74. The van der Waals surface area contributed by atoms with E-state index in [4.69, 9.17) is 4.42 Å². The zero-order valence-electron chi connectivity index (χ0n) is 34.1. The molecular formula is C56H46O. The van der Waals surface area contributed by atoms with Crippen molar-refractivity contribution in [2.75, 3.05) is 0 Å². The van der Waals surface area contributed by atoms with Gasteiger partial charge in [-0.3, -0.25) is 0 Å². The van der Waals surface area contributed by atoms with E-state index in [2.05, 4.69) is 189 Å². The molecule has 9 aromatic carbocycles. The van der Waals surface area contributed by atoms with Crippen LogP contribution < -0.4 is 0 Å². The Bertz CT molecular complexity index is 3150. The van der Waals surface area contributed by atoms with Crippen LogP contribution in [0.1, 0.15) is 44.5 Å². The van der Waals surface area contributed by atoms with E-state index in [9.17, 15) is 0 Å². The second kappa shape index (κ2) is 13.1. The Morgan fingerprint density at radius 1 is 0.298 bits per heavy atom. The lowest BCUT2D eigenvalue weighted by atomic mass is 9.76. The predicted octanol–water partition coefficient (Wildman–Crippen LogP) is 16.2. The Labute approximate surface area is 335 Å². The van der Waals surface area contributed by atoms with Gasteiger partial charge in [0, 0.05) is 10.8 Å². The lowest BCUT2D eigenvalue weighted by Crippen LogP contribution is -2.04. The maximum Gasteiger partial charge on any atom is 0.136 e. The number of furan rings is 1. The van der Waals surface area contributed by atoms with E-state index in [1.807, 2.05) is 0 Å². The van der Waals surface area contributed by atoms with Gasteiger partial charge in [-0.05, 0) is 213 Å². The lowest BCUT2D eigenvalue weighted by Gasteiger charge is -2.27. The quantitative estimate of drug-likeness (QED) is 0.164. The summed E-state index contributed by atoms with van der Waals surface area (Å²) >= 11 is 0. The van der Waals surface area contributed by atoms with E-state index >= 15 is 0 Å². The third-order valence-electron chi connectivity index (χ3n) is 13.4. The van der Waals surface area contributed by atoms with Gasteiger partial charge in [-0.1, -0.05) is 97.1 Å². The average Bonchev–Trinajstić information content (AvgIpc) is 3.62. The van der Waals surface area contributed by atoms with Crippen molar-refractivity contribution >= 4 is 54.3 Å². The Kier molecular flexibility index (Phi) is 8.03. The van der Waals surface area contributed by atoms with Crippen LogP contribution in [0.5, 0.6) is 0 Å². The zero-order valence-corrected chi connectivity index (χ0v) is 34.1. The van der Waals surface area contributed by atoms with E-state index in [1.165, 1.54) is 127 Å². The predicted molar refractivity (Wildman–Crippen MR) is 246 cm³/mol. The van der Waals surface area contributed by atoms with Crippen LogP contribution in [-0.2, 0) is 0 Å². The maximum absolute atomic E-state index is 6.74. The molecule has 1 heterocycles. The first-order valence-corrected chi connectivity index (χ1v) is 20.2. The number of hydrogen-bond acceptors (Lipinski definition) is 1. The van der Waals surface area contributed by atoms with Crippen LogP contribution in [0.15, 0.2) is 138 Å². The number of aryl methyl sites for hydroxylation is 4. The molecule has 10 aromatic rings. The second-order valence-electron chi connectivity index (χ2n) is 16.3. The van der Waals surface area contributed by atoms with Crippen molar-refractivity contribution in [1.82, 2.24) is 0 Å². The van der Waals surface area contributed by atoms with E-state index in [-0.39, 0.29) is 0 Å². The van der Waals surface area contributed by atoms with Crippen molar-refractivity contribution < 1.29 is 4.42 Å². The first-order chi connectivity index (χ1) is 27.6. The molecule has 0 aliphatic heterocycles. The van der Waals surface area contributed by atoms with E-state index in [1.54, 1.807) is 0 Å². The van der Waals surface area contributed by atoms with Gasteiger partial charge in [-0.15, -0.1) is 0 Å². The molecule has 0 saturated carbocycles. The third-order valence-corrected chi connectivity index (χ3v) is 13.4. The van der Waals surface area contributed by atoms with Crippen molar-refractivity contribution in [3.8, 4) is 44.5 Å². The van der Waals surface area contributed by atoms with Crippen molar-refractivity contribution in [2.24, 2.45) is 0 Å². The monoisotopic (exact) mass is 734 g/mol. The molecule has 0 spiro atoms. The first kappa shape index (κ1) is 35.0. The molecule has 0 bridgehead atoms. The van der Waals surface area contributed by atoms with Crippen LogP contribution in [0.25, 0.3) is 98.8 Å². The minimum absolute atomic E-state index is 0.919. The number of fused-ring (bicyclic) bond motifs is 6. The summed E-state index contributed by atoms with van der Waals surface area (Å²) in [6.07, 6.45) is 0.